The van der Waals surface area contributed by atoms with E-state index in [2.05, 4.69) is 104 Å². The first-order valence-electron chi connectivity index (χ1n) is 14.4. The molecule has 0 spiro atoms. The number of nitrogens with two attached hydrogens (primary N) is 2. The van der Waals surface area contributed by atoms with Gasteiger partial charge in [0.2, 0.25) is 0 Å². The summed E-state index contributed by atoms with van der Waals surface area (Å²) in [6.07, 6.45) is 0. The molecule has 0 radical (unpaired) electrons. The fourth-order valence-corrected chi connectivity index (χ4v) is 4.59. The van der Waals surface area contributed by atoms with Crippen molar-refractivity contribution >= 4 is 17.9 Å². The van der Waals surface area contributed by atoms with Gasteiger partial charge in [-0.15, -0.1) is 0 Å². The smallest absolute Gasteiger partial charge is 0.300 e. The zero-order valence-electron chi connectivity index (χ0n) is 27.1. The number of halogens is 2. The third-order valence-corrected chi connectivity index (χ3v) is 7.17. The molecule has 0 heterocycles. The number of aliphatic imine (C=N–C) groups is 2. The average molecular weight is 587 g/mol. The molecule has 0 amide bonds. The molecule has 0 bridgehead atoms. The number of hydrogen-bond donors (Lipinski definition) is 3. The molecule has 0 aromatic heterocycles. The Hall–Kier alpha value is -1.29. The van der Waals surface area contributed by atoms with Gasteiger partial charge in [-0.25, -0.2) is 9.98 Å². The van der Waals surface area contributed by atoms with Crippen LogP contribution >= 0.6 is 0 Å². The molecule has 0 aromatic rings. The normalized spacial score (nSPS) is 11.6. The van der Waals surface area contributed by atoms with Crippen LogP contribution in [0, 0.1) is 5.41 Å². The number of hydrogen-bond acceptors (Lipinski definition) is 3. The van der Waals surface area contributed by atoms with Crippen LogP contribution in [0.3, 0.4) is 0 Å². The molecule has 0 unspecified atom stereocenters. The molecule has 38 heavy (non-hydrogen) atoms. The predicted molar refractivity (Wildman–Crippen MR) is 162 cm³/mol. The fraction of sp³-hybridized carbons (Fsp3) is 0.889. The molecule has 232 valence electrons. The van der Waals surface area contributed by atoms with Crippen LogP contribution in [-0.2, 0) is 0 Å². The Bertz CT molecular complexity index is 531. The van der Waals surface area contributed by atoms with Crippen LogP contribution in [0.1, 0.15) is 83.1 Å². The summed E-state index contributed by atoms with van der Waals surface area (Å²) in [5.41, 5.74) is 8.94. The van der Waals surface area contributed by atoms with Crippen molar-refractivity contribution in [3.8, 4) is 0 Å². The lowest BCUT2D eigenvalue weighted by atomic mass is 10.3. The number of quaternary nitrogens is 2. The molecular formula is C27H65Cl2N9. The van der Waals surface area contributed by atoms with Gasteiger partial charge in [-0.05, 0) is 83.1 Å². The van der Waals surface area contributed by atoms with Crippen LogP contribution in [0.5, 0.6) is 0 Å². The van der Waals surface area contributed by atoms with Gasteiger partial charge in [0.25, 0.3) is 11.9 Å². The van der Waals surface area contributed by atoms with Crippen LogP contribution in [-0.4, -0.2) is 115 Å². The Balaban J connectivity index is -0.000000160. The van der Waals surface area contributed by atoms with E-state index in [1.54, 1.807) is 0 Å². The van der Waals surface area contributed by atoms with Crippen LogP contribution in [0.2, 0.25) is 0 Å². The van der Waals surface area contributed by atoms with Crippen molar-refractivity contribution in [3.63, 3.8) is 0 Å². The summed E-state index contributed by atoms with van der Waals surface area (Å²) < 4.78 is 2.02. The lowest BCUT2D eigenvalue weighted by Crippen LogP contribution is -3.00. The maximum Gasteiger partial charge on any atom is 0.300 e. The average Bonchev–Trinajstić information content (AvgIpc) is 2.88. The number of guanidine groups is 3. The summed E-state index contributed by atoms with van der Waals surface area (Å²) in [7, 11) is 0. The second-order valence-electron chi connectivity index (χ2n) is 8.54. The van der Waals surface area contributed by atoms with Crippen molar-refractivity contribution in [1.82, 2.24) is 9.80 Å². The van der Waals surface area contributed by atoms with Crippen molar-refractivity contribution in [3.05, 3.63) is 0 Å². The zero-order chi connectivity index (χ0) is 28.8. The third kappa shape index (κ3) is 15.3. The topological polar surface area (TPSA) is 107 Å². The van der Waals surface area contributed by atoms with Crippen molar-refractivity contribution in [2.24, 2.45) is 21.5 Å². The van der Waals surface area contributed by atoms with E-state index in [0.717, 1.165) is 87.5 Å². The molecule has 5 N–H and O–H groups in total. The Kier molecular flexibility index (Phi) is 33.4. The van der Waals surface area contributed by atoms with Gasteiger partial charge >= 0.3 is 0 Å². The van der Waals surface area contributed by atoms with E-state index in [1.807, 2.05) is 0 Å². The molecule has 0 fully saturated rings. The van der Waals surface area contributed by atoms with Crippen LogP contribution < -0.4 is 36.3 Å². The van der Waals surface area contributed by atoms with Gasteiger partial charge in [-0.3, -0.25) is 14.4 Å². The zero-order valence-corrected chi connectivity index (χ0v) is 28.6. The third-order valence-electron chi connectivity index (χ3n) is 7.17. The monoisotopic (exact) mass is 585 g/mol. The Morgan fingerprint density at radius 3 is 0.816 bits per heavy atom. The Labute approximate surface area is 249 Å². The Morgan fingerprint density at radius 1 is 0.526 bits per heavy atom. The molecule has 0 rings (SSSR count). The minimum atomic E-state index is -0.333. The number of rotatable bonds is 12. The number of nitrogens with one attached hydrogen (secondary N) is 1. The van der Waals surface area contributed by atoms with Gasteiger partial charge in [0.05, 0.1) is 39.3 Å². The fourth-order valence-electron chi connectivity index (χ4n) is 4.59. The van der Waals surface area contributed by atoms with Gasteiger partial charge in [0, 0.05) is 39.3 Å². The minimum absolute atomic E-state index is 0. The molecule has 0 aliphatic heterocycles. The number of nitrogens with zero attached hydrogens (tertiary/aromatic N) is 6. The molecule has 0 saturated heterocycles. The van der Waals surface area contributed by atoms with Crippen molar-refractivity contribution in [2.45, 2.75) is 83.1 Å². The van der Waals surface area contributed by atoms with E-state index in [1.165, 1.54) is 11.9 Å². The molecule has 0 saturated carbocycles. The summed E-state index contributed by atoms with van der Waals surface area (Å²) in [5.74, 6) is 2.22. The van der Waals surface area contributed by atoms with Gasteiger partial charge in [-0.2, -0.15) is 0 Å². The van der Waals surface area contributed by atoms with Gasteiger partial charge in [-0.1, -0.05) is 0 Å². The van der Waals surface area contributed by atoms with Crippen molar-refractivity contribution < 1.29 is 33.8 Å². The Morgan fingerprint density at radius 2 is 0.711 bits per heavy atom. The molecule has 0 atom stereocenters. The first-order valence-corrected chi connectivity index (χ1v) is 14.4. The van der Waals surface area contributed by atoms with Crippen LogP contribution in [0.4, 0.5) is 0 Å². The highest BCUT2D eigenvalue weighted by Crippen LogP contribution is 2.13. The lowest BCUT2D eigenvalue weighted by molar-refractivity contribution is -0.841. The predicted octanol–water partition coefficient (Wildman–Crippen LogP) is -1.99. The highest BCUT2D eigenvalue weighted by atomic mass is 35.5. The van der Waals surface area contributed by atoms with Crippen LogP contribution in [0.15, 0.2) is 9.98 Å². The summed E-state index contributed by atoms with van der Waals surface area (Å²) in [5, 5.41) is 6.06. The van der Waals surface area contributed by atoms with Gasteiger partial charge in [0.1, 0.15) is 0 Å². The first kappa shape index (κ1) is 46.6. The van der Waals surface area contributed by atoms with Crippen LogP contribution in [0.25, 0.3) is 0 Å². The minimum Gasteiger partial charge on any atom is -1.00 e. The molecule has 0 aliphatic carbocycles. The second kappa shape index (κ2) is 27.3. The van der Waals surface area contributed by atoms with Crippen molar-refractivity contribution in [2.75, 3.05) is 78.5 Å². The second-order valence-corrected chi connectivity index (χ2v) is 8.54. The van der Waals surface area contributed by atoms with Gasteiger partial charge < -0.3 is 46.1 Å². The largest absolute Gasteiger partial charge is 1.00 e. The molecule has 0 aromatic carbocycles. The quantitative estimate of drug-likeness (QED) is 0.140. The molecule has 0 aliphatic rings. The van der Waals surface area contributed by atoms with E-state index >= 15 is 0 Å². The van der Waals surface area contributed by atoms with Gasteiger partial charge in [0.15, 0.2) is 5.96 Å². The lowest BCUT2D eigenvalue weighted by Gasteiger charge is -2.39. The maximum atomic E-state index is 6.06. The SMILES string of the molecule is CCN=C(N(CC)CC)[N+](CC)(CC)CC.CCN=C(N(CC)CC)[N+](CC)(CC)CC.N=C(N)N.[Cl-].[Cl-]. The first-order chi connectivity index (χ1) is 17.0. The summed E-state index contributed by atoms with van der Waals surface area (Å²) in [4.78, 5) is 14.3. The summed E-state index contributed by atoms with van der Waals surface area (Å²) in [6.45, 7) is 39.4. The molecule has 11 heteroatoms. The van der Waals surface area contributed by atoms with E-state index in [4.69, 9.17) is 15.4 Å². The summed E-state index contributed by atoms with van der Waals surface area (Å²) in [6, 6.07) is 0. The highest BCUT2D eigenvalue weighted by molar-refractivity contribution is 5.74. The highest BCUT2D eigenvalue weighted by Gasteiger charge is 2.33. The molecular weight excluding hydrogens is 521 g/mol. The van der Waals surface area contributed by atoms with E-state index in [0.29, 0.717) is 0 Å². The van der Waals surface area contributed by atoms with Crippen molar-refractivity contribution in [1.29, 1.82) is 5.41 Å². The van der Waals surface area contributed by atoms with E-state index < -0.39 is 0 Å². The van der Waals surface area contributed by atoms with E-state index in [9.17, 15) is 0 Å². The summed E-state index contributed by atoms with van der Waals surface area (Å²) >= 11 is 0. The van der Waals surface area contributed by atoms with E-state index in [-0.39, 0.29) is 30.8 Å². The molecule has 9 nitrogen and oxygen atoms in total. The standard InChI is InChI=1S/2C13H30N3.CH5N3.2ClH/c2*1-7-14-13(15(8-2)9-3)16(10-4,11-5)12-6;2-1(3)4;;/h2*7-12H2,1-6H3;(H5,2,3,4);2*1H/q2*+1;;;/p-2. The maximum absolute atomic E-state index is 6.06.